The van der Waals surface area contributed by atoms with Crippen LogP contribution in [0.25, 0.3) is 33.4 Å². The van der Waals surface area contributed by atoms with Crippen LogP contribution < -0.4 is 0 Å². The molecule has 1 heterocycles. The molecule has 23 heavy (non-hydrogen) atoms. The van der Waals surface area contributed by atoms with E-state index >= 15 is 0 Å². The number of benzene rings is 3. The lowest BCUT2D eigenvalue weighted by Crippen LogP contribution is -1.91. The molecule has 0 bridgehead atoms. The quantitative estimate of drug-likeness (QED) is 0.409. The van der Waals surface area contributed by atoms with Gasteiger partial charge in [-0.25, -0.2) is 0 Å². The first-order valence-electron chi connectivity index (χ1n) is 7.76. The van der Waals surface area contributed by atoms with Crippen molar-refractivity contribution in [2.45, 2.75) is 0 Å². The van der Waals surface area contributed by atoms with E-state index in [9.17, 15) is 0 Å². The second-order valence-corrected chi connectivity index (χ2v) is 5.57. The normalized spacial score (nSPS) is 11.5. The monoisotopic (exact) mass is 295 g/mol. The minimum atomic E-state index is 1.17. The summed E-state index contributed by atoms with van der Waals surface area (Å²) in [6, 6.07) is 23.4. The highest BCUT2D eigenvalue weighted by Gasteiger charge is 2.11. The molecule has 0 aliphatic carbocycles. The van der Waals surface area contributed by atoms with Gasteiger partial charge in [0.1, 0.15) is 0 Å². The van der Waals surface area contributed by atoms with Gasteiger partial charge in [0.15, 0.2) is 0 Å². The minimum Gasteiger partial charge on any atom is -0.315 e. The Hall–Kier alpha value is -3.06. The maximum atomic E-state index is 3.78. The average molecular weight is 295 g/mol. The second kappa shape index (κ2) is 5.62. The molecule has 0 N–H and O–H groups in total. The van der Waals surface area contributed by atoms with E-state index in [0.717, 1.165) is 0 Å². The largest absolute Gasteiger partial charge is 0.315 e. The van der Waals surface area contributed by atoms with Crippen LogP contribution in [0.15, 0.2) is 91.7 Å². The smallest absolute Gasteiger partial charge is 0.0613 e. The Balaban J connectivity index is 2.13. The van der Waals surface area contributed by atoms with E-state index in [4.69, 9.17) is 0 Å². The first-order chi connectivity index (χ1) is 11.4. The summed E-state index contributed by atoms with van der Waals surface area (Å²) in [4.78, 5) is 0. The van der Waals surface area contributed by atoms with Gasteiger partial charge in [0.05, 0.1) is 5.52 Å². The maximum absolute atomic E-state index is 3.78. The number of fused-ring (bicyclic) bond motifs is 3. The van der Waals surface area contributed by atoms with Crippen LogP contribution >= 0.6 is 0 Å². The van der Waals surface area contributed by atoms with Crippen LogP contribution in [0, 0.1) is 0 Å². The van der Waals surface area contributed by atoms with E-state index in [2.05, 4.69) is 84.1 Å². The fourth-order valence-corrected chi connectivity index (χ4v) is 3.12. The van der Waals surface area contributed by atoms with Gasteiger partial charge in [-0.05, 0) is 17.5 Å². The van der Waals surface area contributed by atoms with Crippen molar-refractivity contribution in [2.24, 2.45) is 0 Å². The molecule has 0 fully saturated rings. The maximum Gasteiger partial charge on any atom is 0.0613 e. The molecule has 0 saturated carbocycles. The number of aromatic nitrogens is 1. The summed E-state index contributed by atoms with van der Waals surface area (Å²) in [7, 11) is 0. The van der Waals surface area contributed by atoms with Gasteiger partial charge < -0.3 is 4.57 Å². The van der Waals surface area contributed by atoms with Crippen molar-refractivity contribution in [3.05, 3.63) is 97.2 Å². The molecule has 4 rings (SSSR count). The van der Waals surface area contributed by atoms with Crippen molar-refractivity contribution >= 4 is 27.8 Å². The molecule has 0 aliphatic rings. The Morgan fingerprint density at radius 1 is 0.783 bits per heavy atom. The van der Waals surface area contributed by atoms with Gasteiger partial charge >= 0.3 is 0 Å². The van der Waals surface area contributed by atoms with Crippen LogP contribution in [-0.2, 0) is 0 Å². The first-order valence-corrected chi connectivity index (χ1v) is 7.76. The Morgan fingerprint density at radius 2 is 1.57 bits per heavy atom. The number of para-hydroxylation sites is 1. The summed E-state index contributed by atoms with van der Waals surface area (Å²) in [5, 5.41) is 3.78. The topological polar surface area (TPSA) is 4.93 Å². The molecule has 4 aromatic rings. The van der Waals surface area contributed by atoms with Crippen molar-refractivity contribution in [3.8, 4) is 5.69 Å². The zero-order chi connectivity index (χ0) is 15.6. The van der Waals surface area contributed by atoms with E-state index in [-0.39, 0.29) is 0 Å². The predicted octanol–water partition coefficient (Wildman–Crippen LogP) is 5.98. The Labute approximate surface area is 135 Å². The van der Waals surface area contributed by atoms with E-state index < -0.39 is 0 Å². The van der Waals surface area contributed by atoms with Crippen LogP contribution in [0.4, 0.5) is 0 Å². The standard InChI is InChI=1S/C22H17N/c1-2-3-9-18-16-23(19-11-5-4-6-12-19)22-20-13-8-7-10-17(20)14-15-21(18)22/h2-16H,1H2/b9-3-. The summed E-state index contributed by atoms with van der Waals surface area (Å²) >= 11 is 0. The molecule has 0 spiro atoms. The van der Waals surface area contributed by atoms with Crippen molar-refractivity contribution < 1.29 is 0 Å². The third-order valence-electron chi connectivity index (χ3n) is 4.17. The number of hydrogen-bond acceptors (Lipinski definition) is 0. The third kappa shape index (κ3) is 2.27. The molecule has 110 valence electrons. The number of hydrogen-bond donors (Lipinski definition) is 0. The number of allylic oxidation sites excluding steroid dienone is 2. The summed E-state index contributed by atoms with van der Waals surface area (Å²) < 4.78 is 2.28. The van der Waals surface area contributed by atoms with E-state index in [1.165, 1.54) is 32.9 Å². The molecule has 0 aliphatic heterocycles. The SMILES string of the molecule is C=C/C=C\c1cn(-c2ccccc2)c2c1ccc1ccccc12. The van der Waals surface area contributed by atoms with Crippen LogP contribution in [-0.4, -0.2) is 4.57 Å². The highest BCUT2D eigenvalue weighted by atomic mass is 15.0. The molecule has 0 saturated heterocycles. The van der Waals surface area contributed by atoms with Crippen molar-refractivity contribution in [2.75, 3.05) is 0 Å². The van der Waals surface area contributed by atoms with Gasteiger partial charge in [-0.3, -0.25) is 0 Å². The van der Waals surface area contributed by atoms with Gasteiger partial charge in [-0.2, -0.15) is 0 Å². The molecule has 1 nitrogen and oxygen atoms in total. The average Bonchev–Trinajstić information content (AvgIpc) is 3.00. The molecule has 1 heteroatoms. The fraction of sp³-hybridized carbons (Fsp3) is 0. The highest BCUT2D eigenvalue weighted by molar-refractivity contribution is 6.09. The van der Waals surface area contributed by atoms with E-state index in [1.54, 1.807) is 0 Å². The Morgan fingerprint density at radius 3 is 2.39 bits per heavy atom. The first kappa shape index (κ1) is 13.6. The summed E-state index contributed by atoms with van der Waals surface area (Å²) in [6.07, 6.45) is 8.11. The van der Waals surface area contributed by atoms with Crippen LogP contribution in [0.3, 0.4) is 0 Å². The number of nitrogens with zero attached hydrogens (tertiary/aromatic N) is 1. The minimum absolute atomic E-state index is 1.17. The lowest BCUT2D eigenvalue weighted by atomic mass is 10.1. The molecule has 0 atom stereocenters. The lowest BCUT2D eigenvalue weighted by molar-refractivity contribution is 1.13. The Bertz CT molecular complexity index is 1020. The van der Waals surface area contributed by atoms with Gasteiger partial charge in [0, 0.05) is 28.2 Å². The molecule has 0 amide bonds. The number of rotatable bonds is 3. The van der Waals surface area contributed by atoms with Gasteiger partial charge in [-0.1, -0.05) is 79.4 Å². The second-order valence-electron chi connectivity index (χ2n) is 5.57. The molecular weight excluding hydrogens is 278 g/mol. The molecule has 1 aromatic heterocycles. The zero-order valence-corrected chi connectivity index (χ0v) is 12.8. The lowest BCUT2D eigenvalue weighted by Gasteiger charge is -2.07. The van der Waals surface area contributed by atoms with Crippen LogP contribution in [0.1, 0.15) is 5.56 Å². The fourth-order valence-electron chi connectivity index (χ4n) is 3.12. The van der Waals surface area contributed by atoms with Gasteiger partial charge in [0.2, 0.25) is 0 Å². The third-order valence-corrected chi connectivity index (χ3v) is 4.17. The van der Waals surface area contributed by atoms with Crippen molar-refractivity contribution in [1.29, 1.82) is 0 Å². The molecule has 3 aromatic carbocycles. The molecular formula is C22H17N. The summed E-state index contributed by atoms with van der Waals surface area (Å²) in [5.41, 5.74) is 3.62. The van der Waals surface area contributed by atoms with Crippen LogP contribution in [0.2, 0.25) is 0 Å². The van der Waals surface area contributed by atoms with Crippen LogP contribution in [0.5, 0.6) is 0 Å². The summed E-state index contributed by atoms with van der Waals surface area (Å²) in [5.74, 6) is 0. The van der Waals surface area contributed by atoms with Crippen molar-refractivity contribution in [3.63, 3.8) is 0 Å². The van der Waals surface area contributed by atoms with Gasteiger partial charge in [0.25, 0.3) is 0 Å². The van der Waals surface area contributed by atoms with E-state index in [1.807, 2.05) is 18.2 Å². The zero-order valence-electron chi connectivity index (χ0n) is 12.8. The molecule has 0 radical (unpaired) electrons. The predicted molar refractivity (Wildman–Crippen MR) is 100 cm³/mol. The highest BCUT2D eigenvalue weighted by Crippen LogP contribution is 2.32. The van der Waals surface area contributed by atoms with E-state index in [0.29, 0.717) is 0 Å². The Kier molecular flexibility index (Phi) is 3.32. The molecule has 0 unspecified atom stereocenters. The van der Waals surface area contributed by atoms with Gasteiger partial charge in [-0.15, -0.1) is 0 Å². The van der Waals surface area contributed by atoms with Crippen molar-refractivity contribution in [1.82, 2.24) is 4.57 Å². The summed E-state index contributed by atoms with van der Waals surface area (Å²) in [6.45, 7) is 3.78.